The Kier molecular flexibility index (Phi) is 6.95. The predicted octanol–water partition coefficient (Wildman–Crippen LogP) is 3.29. The molecule has 0 spiro atoms. The van der Waals surface area contributed by atoms with E-state index in [1.165, 1.54) is 16.7 Å². The minimum atomic E-state index is 0.239. The van der Waals surface area contributed by atoms with E-state index in [-0.39, 0.29) is 6.61 Å². The summed E-state index contributed by atoms with van der Waals surface area (Å²) in [5, 5.41) is 14.1. The Balaban J connectivity index is 1.43. The van der Waals surface area contributed by atoms with Crippen molar-refractivity contribution in [2.45, 2.75) is 32.4 Å². The van der Waals surface area contributed by atoms with Crippen LogP contribution in [0.15, 0.2) is 67.0 Å². The lowest BCUT2D eigenvalue weighted by Gasteiger charge is -2.41. The Morgan fingerprint density at radius 2 is 1.93 bits per heavy atom. The lowest BCUT2D eigenvalue weighted by atomic mass is 10.0. The van der Waals surface area contributed by atoms with Gasteiger partial charge in [-0.05, 0) is 43.0 Å². The molecule has 1 aliphatic rings. The van der Waals surface area contributed by atoms with Crippen LogP contribution in [0.25, 0.3) is 5.69 Å². The first-order chi connectivity index (χ1) is 14.7. The molecule has 2 heterocycles. The molecule has 1 aromatic heterocycles. The van der Waals surface area contributed by atoms with Crippen molar-refractivity contribution in [2.24, 2.45) is 0 Å². The minimum Gasteiger partial charge on any atom is -0.396 e. The van der Waals surface area contributed by atoms with Gasteiger partial charge in [0.25, 0.3) is 0 Å². The number of aliphatic hydroxyl groups is 1. The predicted molar refractivity (Wildman–Crippen MR) is 121 cm³/mol. The molecule has 0 unspecified atom stereocenters. The average Bonchev–Trinajstić information content (AvgIpc) is 3.29. The third-order valence-corrected chi connectivity index (χ3v) is 6.06. The van der Waals surface area contributed by atoms with Crippen LogP contribution in [0, 0.1) is 6.92 Å². The van der Waals surface area contributed by atoms with Crippen LogP contribution in [-0.4, -0.2) is 63.5 Å². The van der Waals surface area contributed by atoms with E-state index >= 15 is 0 Å². The van der Waals surface area contributed by atoms with Gasteiger partial charge in [0.05, 0.1) is 5.69 Å². The summed E-state index contributed by atoms with van der Waals surface area (Å²) in [4.78, 5) is 5.09. The third-order valence-electron chi connectivity index (χ3n) is 6.06. The normalized spacial score (nSPS) is 18.0. The molecule has 5 heteroatoms. The second kappa shape index (κ2) is 10.0. The van der Waals surface area contributed by atoms with E-state index in [4.69, 9.17) is 0 Å². The standard InChI is InChI=1S/C25H32N4O/c1-21-8-9-25(29-13-5-12-26-29)23(18-21)19-27-15-16-28(24(20-27)11-17-30)14-10-22-6-3-2-4-7-22/h2-9,12-13,18,24,30H,10-11,14-17,19-20H2,1H3/t24-/m0/s1. The van der Waals surface area contributed by atoms with Gasteiger partial charge < -0.3 is 5.11 Å². The summed E-state index contributed by atoms with van der Waals surface area (Å²) >= 11 is 0. The van der Waals surface area contributed by atoms with Gasteiger partial charge in [0.1, 0.15) is 0 Å². The summed E-state index contributed by atoms with van der Waals surface area (Å²) in [6.45, 7) is 7.41. The second-order valence-electron chi connectivity index (χ2n) is 8.26. The highest BCUT2D eigenvalue weighted by molar-refractivity contribution is 5.42. The molecule has 0 aliphatic carbocycles. The van der Waals surface area contributed by atoms with Crippen molar-refractivity contribution in [1.29, 1.82) is 0 Å². The zero-order valence-electron chi connectivity index (χ0n) is 17.8. The molecule has 30 heavy (non-hydrogen) atoms. The molecular weight excluding hydrogens is 372 g/mol. The van der Waals surface area contributed by atoms with Crippen molar-refractivity contribution in [1.82, 2.24) is 19.6 Å². The molecule has 1 atom stereocenters. The molecule has 5 nitrogen and oxygen atoms in total. The first-order valence-corrected chi connectivity index (χ1v) is 10.9. The van der Waals surface area contributed by atoms with Gasteiger partial charge >= 0.3 is 0 Å². The highest BCUT2D eigenvalue weighted by atomic mass is 16.3. The number of rotatable bonds is 8. The van der Waals surface area contributed by atoms with Crippen molar-refractivity contribution >= 4 is 0 Å². The van der Waals surface area contributed by atoms with Gasteiger partial charge in [0.2, 0.25) is 0 Å². The van der Waals surface area contributed by atoms with Crippen LogP contribution in [0.2, 0.25) is 0 Å². The van der Waals surface area contributed by atoms with Crippen molar-refractivity contribution in [2.75, 3.05) is 32.8 Å². The first-order valence-electron chi connectivity index (χ1n) is 10.9. The number of aliphatic hydroxyl groups excluding tert-OH is 1. The maximum Gasteiger partial charge on any atom is 0.0690 e. The van der Waals surface area contributed by atoms with Crippen LogP contribution >= 0.6 is 0 Å². The zero-order chi connectivity index (χ0) is 20.8. The van der Waals surface area contributed by atoms with Gasteiger partial charge in [-0.2, -0.15) is 5.10 Å². The van der Waals surface area contributed by atoms with Crippen LogP contribution in [-0.2, 0) is 13.0 Å². The molecule has 3 aromatic rings. The largest absolute Gasteiger partial charge is 0.396 e. The fourth-order valence-corrected chi connectivity index (χ4v) is 4.45. The van der Waals surface area contributed by atoms with E-state index in [2.05, 4.69) is 70.4 Å². The maximum absolute atomic E-state index is 9.65. The SMILES string of the molecule is Cc1ccc(-n2cccn2)c(CN2CCN(CCc3ccccc3)[C@@H](CCO)C2)c1. The first kappa shape index (κ1) is 20.8. The van der Waals surface area contributed by atoms with Crippen LogP contribution < -0.4 is 0 Å². The van der Waals surface area contributed by atoms with Gasteiger partial charge in [-0.15, -0.1) is 0 Å². The Bertz CT molecular complexity index is 910. The molecule has 1 aliphatic heterocycles. The summed E-state index contributed by atoms with van der Waals surface area (Å²) in [6.07, 6.45) is 5.71. The number of piperazine rings is 1. The molecule has 158 valence electrons. The van der Waals surface area contributed by atoms with Crippen molar-refractivity contribution < 1.29 is 5.11 Å². The fourth-order valence-electron chi connectivity index (χ4n) is 4.45. The quantitative estimate of drug-likeness (QED) is 0.626. The number of nitrogens with zero attached hydrogens (tertiary/aromatic N) is 4. The molecule has 2 aromatic carbocycles. The molecule has 0 bridgehead atoms. The van der Waals surface area contributed by atoms with Crippen LogP contribution in [0.4, 0.5) is 0 Å². The average molecular weight is 405 g/mol. The zero-order valence-corrected chi connectivity index (χ0v) is 17.8. The maximum atomic E-state index is 9.65. The van der Waals surface area contributed by atoms with E-state index in [0.717, 1.165) is 51.3 Å². The Morgan fingerprint density at radius 3 is 2.70 bits per heavy atom. The Hall–Kier alpha value is -2.47. The summed E-state index contributed by atoms with van der Waals surface area (Å²) in [5.74, 6) is 0. The molecule has 0 radical (unpaired) electrons. The van der Waals surface area contributed by atoms with E-state index in [1.807, 2.05) is 23.1 Å². The Labute approximate surface area is 179 Å². The molecule has 1 saturated heterocycles. The van der Waals surface area contributed by atoms with Gasteiger partial charge in [-0.25, -0.2) is 4.68 Å². The molecule has 0 saturated carbocycles. The van der Waals surface area contributed by atoms with E-state index in [9.17, 15) is 5.11 Å². The number of benzene rings is 2. The summed E-state index contributed by atoms with van der Waals surface area (Å²) < 4.78 is 1.95. The lowest BCUT2D eigenvalue weighted by Crippen LogP contribution is -2.53. The topological polar surface area (TPSA) is 44.5 Å². The van der Waals surface area contributed by atoms with Gasteiger partial charge in [-0.1, -0.05) is 48.0 Å². The van der Waals surface area contributed by atoms with Crippen LogP contribution in [0.1, 0.15) is 23.1 Å². The smallest absolute Gasteiger partial charge is 0.0690 e. The molecule has 0 amide bonds. The lowest BCUT2D eigenvalue weighted by molar-refractivity contribution is 0.0562. The highest BCUT2D eigenvalue weighted by Crippen LogP contribution is 2.21. The van der Waals surface area contributed by atoms with Crippen molar-refractivity contribution in [3.8, 4) is 5.69 Å². The van der Waals surface area contributed by atoms with E-state index in [1.54, 1.807) is 0 Å². The van der Waals surface area contributed by atoms with Crippen molar-refractivity contribution in [3.05, 3.63) is 83.7 Å². The van der Waals surface area contributed by atoms with Crippen LogP contribution in [0.5, 0.6) is 0 Å². The number of aryl methyl sites for hydroxylation is 1. The number of hydrogen-bond donors (Lipinski definition) is 1. The molecule has 1 N–H and O–H groups in total. The van der Waals surface area contributed by atoms with Crippen molar-refractivity contribution in [3.63, 3.8) is 0 Å². The second-order valence-corrected chi connectivity index (χ2v) is 8.26. The monoisotopic (exact) mass is 404 g/mol. The van der Waals surface area contributed by atoms with E-state index < -0.39 is 0 Å². The summed E-state index contributed by atoms with van der Waals surface area (Å²) in [6, 6.07) is 19.6. The Morgan fingerprint density at radius 1 is 1.07 bits per heavy atom. The summed E-state index contributed by atoms with van der Waals surface area (Å²) in [5.41, 5.74) is 5.11. The third kappa shape index (κ3) is 5.17. The number of aromatic nitrogens is 2. The minimum absolute atomic E-state index is 0.239. The van der Waals surface area contributed by atoms with Gasteiger partial charge in [0.15, 0.2) is 0 Å². The highest BCUT2D eigenvalue weighted by Gasteiger charge is 2.26. The summed E-state index contributed by atoms with van der Waals surface area (Å²) in [7, 11) is 0. The van der Waals surface area contributed by atoms with Gasteiger partial charge in [-0.3, -0.25) is 9.80 Å². The van der Waals surface area contributed by atoms with E-state index in [0.29, 0.717) is 6.04 Å². The fraction of sp³-hybridized carbons (Fsp3) is 0.400. The van der Waals surface area contributed by atoms with Gasteiger partial charge in [0, 0.05) is 57.8 Å². The number of hydrogen-bond acceptors (Lipinski definition) is 4. The van der Waals surface area contributed by atoms with Crippen LogP contribution in [0.3, 0.4) is 0 Å². The molecule has 1 fully saturated rings. The molecule has 4 rings (SSSR count). The molecular formula is C25H32N4O.